The summed E-state index contributed by atoms with van der Waals surface area (Å²) in [7, 11) is 1.66. The monoisotopic (exact) mass is 356 g/mol. The average Bonchev–Trinajstić information content (AvgIpc) is 3.29. The van der Waals surface area contributed by atoms with E-state index in [1.807, 2.05) is 18.2 Å². The normalized spacial score (nSPS) is 17.6. The molecule has 134 valence electrons. The number of carbonyl (C=O) groups is 1. The molecule has 6 nitrogen and oxygen atoms in total. The summed E-state index contributed by atoms with van der Waals surface area (Å²) in [6.45, 7) is 0.574. The third-order valence-electron chi connectivity index (χ3n) is 4.33. The van der Waals surface area contributed by atoms with Crippen LogP contribution in [-0.4, -0.2) is 43.0 Å². The minimum Gasteiger partial charge on any atom is -0.454 e. The number of ether oxygens (including phenoxy) is 2. The maximum Gasteiger partial charge on any atom is 0.253 e. The number of benzene rings is 2. The summed E-state index contributed by atoms with van der Waals surface area (Å²) in [6.07, 6.45) is 0.318. The number of likely N-dealkylation sites (N-methyl/N-ethyl adjacent to an activating group) is 1. The Morgan fingerprint density at radius 2 is 2.08 bits per heavy atom. The Bertz CT molecular complexity index is 884. The van der Waals surface area contributed by atoms with E-state index in [9.17, 15) is 9.18 Å². The minimum atomic E-state index is -0.435. The summed E-state index contributed by atoms with van der Waals surface area (Å²) in [6, 6.07) is 11.3. The number of fused-ring (bicyclic) bond motifs is 1. The Morgan fingerprint density at radius 1 is 1.23 bits per heavy atom. The zero-order valence-corrected chi connectivity index (χ0v) is 14.1. The molecule has 0 spiro atoms. The van der Waals surface area contributed by atoms with Crippen LogP contribution in [0.25, 0.3) is 0 Å². The van der Waals surface area contributed by atoms with Crippen LogP contribution in [0.15, 0.2) is 47.6 Å². The highest BCUT2D eigenvalue weighted by atomic mass is 19.1. The average molecular weight is 356 g/mol. The van der Waals surface area contributed by atoms with E-state index in [2.05, 4.69) is 5.16 Å². The first-order valence-electron chi connectivity index (χ1n) is 8.24. The van der Waals surface area contributed by atoms with Gasteiger partial charge in [-0.3, -0.25) is 4.79 Å². The first-order valence-corrected chi connectivity index (χ1v) is 8.24. The molecule has 2 aliphatic heterocycles. The van der Waals surface area contributed by atoms with Gasteiger partial charge in [-0.05, 0) is 36.4 Å². The smallest absolute Gasteiger partial charge is 0.253 e. The summed E-state index contributed by atoms with van der Waals surface area (Å²) in [5, 5.41) is 4.13. The third kappa shape index (κ3) is 3.20. The quantitative estimate of drug-likeness (QED) is 0.845. The van der Waals surface area contributed by atoms with Gasteiger partial charge < -0.3 is 19.2 Å². The fourth-order valence-corrected chi connectivity index (χ4v) is 3.00. The largest absolute Gasteiger partial charge is 0.454 e. The molecule has 2 aromatic carbocycles. The van der Waals surface area contributed by atoms with Crippen molar-refractivity contribution >= 4 is 11.6 Å². The lowest BCUT2D eigenvalue weighted by molar-refractivity contribution is 0.0482. The Morgan fingerprint density at radius 3 is 2.92 bits per heavy atom. The first kappa shape index (κ1) is 16.4. The Labute approximate surface area is 149 Å². The van der Waals surface area contributed by atoms with Crippen molar-refractivity contribution in [2.75, 3.05) is 20.4 Å². The van der Waals surface area contributed by atoms with E-state index in [1.165, 1.54) is 23.1 Å². The number of nitrogens with zero attached hydrogens (tertiary/aromatic N) is 2. The molecule has 7 heteroatoms. The van der Waals surface area contributed by atoms with Crippen molar-refractivity contribution in [3.8, 4) is 11.5 Å². The molecule has 0 aromatic heterocycles. The van der Waals surface area contributed by atoms with Crippen LogP contribution in [0.4, 0.5) is 4.39 Å². The Hall–Kier alpha value is -3.09. The van der Waals surface area contributed by atoms with Gasteiger partial charge in [0.15, 0.2) is 17.6 Å². The molecule has 2 heterocycles. The fourth-order valence-electron chi connectivity index (χ4n) is 3.00. The van der Waals surface area contributed by atoms with Crippen molar-refractivity contribution in [1.29, 1.82) is 0 Å². The molecular formula is C19H17FN2O4. The van der Waals surface area contributed by atoms with Gasteiger partial charge in [0.25, 0.3) is 5.91 Å². The fraction of sp³-hybridized carbons (Fsp3) is 0.263. The van der Waals surface area contributed by atoms with Gasteiger partial charge in [-0.1, -0.05) is 11.2 Å². The van der Waals surface area contributed by atoms with E-state index in [0.717, 1.165) is 11.3 Å². The summed E-state index contributed by atoms with van der Waals surface area (Å²) < 4.78 is 24.0. The van der Waals surface area contributed by atoms with Gasteiger partial charge in [0.1, 0.15) is 5.82 Å². The van der Waals surface area contributed by atoms with Crippen LogP contribution < -0.4 is 9.47 Å². The molecule has 0 bridgehead atoms. The molecule has 0 radical (unpaired) electrons. The topological polar surface area (TPSA) is 60.4 Å². The number of amides is 1. The molecule has 2 aromatic rings. The first-order chi connectivity index (χ1) is 12.6. The van der Waals surface area contributed by atoms with E-state index in [-0.39, 0.29) is 18.8 Å². The number of hydrogen-bond acceptors (Lipinski definition) is 5. The highest BCUT2D eigenvalue weighted by Gasteiger charge is 2.26. The van der Waals surface area contributed by atoms with Crippen LogP contribution >= 0.6 is 0 Å². The lowest BCUT2D eigenvalue weighted by Crippen LogP contribution is -2.34. The zero-order chi connectivity index (χ0) is 18.1. The predicted octanol–water partition coefficient (Wildman–Crippen LogP) is 2.82. The van der Waals surface area contributed by atoms with Gasteiger partial charge in [-0.25, -0.2) is 4.39 Å². The highest BCUT2D eigenvalue weighted by Crippen LogP contribution is 2.33. The highest BCUT2D eigenvalue weighted by molar-refractivity contribution is 6.02. The zero-order valence-electron chi connectivity index (χ0n) is 14.1. The summed E-state index contributed by atoms with van der Waals surface area (Å²) >= 11 is 0. The second kappa shape index (κ2) is 6.67. The number of oxime groups is 1. The van der Waals surface area contributed by atoms with Crippen LogP contribution in [0.1, 0.15) is 22.3 Å². The van der Waals surface area contributed by atoms with Gasteiger partial charge in [-0.15, -0.1) is 0 Å². The molecule has 26 heavy (non-hydrogen) atoms. The van der Waals surface area contributed by atoms with Crippen LogP contribution in [0.5, 0.6) is 11.5 Å². The lowest BCUT2D eigenvalue weighted by Gasteiger charge is -2.20. The van der Waals surface area contributed by atoms with E-state index in [0.29, 0.717) is 30.0 Å². The maximum absolute atomic E-state index is 13.3. The van der Waals surface area contributed by atoms with Crippen LogP contribution in [-0.2, 0) is 4.84 Å². The van der Waals surface area contributed by atoms with Gasteiger partial charge >= 0.3 is 0 Å². The minimum absolute atomic E-state index is 0.220. The molecule has 1 atom stereocenters. The van der Waals surface area contributed by atoms with Crippen LogP contribution in [0, 0.1) is 5.82 Å². The van der Waals surface area contributed by atoms with Crippen molar-refractivity contribution in [2.24, 2.45) is 5.16 Å². The van der Waals surface area contributed by atoms with E-state index in [4.69, 9.17) is 14.3 Å². The van der Waals surface area contributed by atoms with E-state index in [1.54, 1.807) is 13.1 Å². The molecule has 0 unspecified atom stereocenters. The Kier molecular flexibility index (Phi) is 4.20. The van der Waals surface area contributed by atoms with Crippen molar-refractivity contribution < 1.29 is 23.5 Å². The van der Waals surface area contributed by atoms with Crippen molar-refractivity contribution in [3.05, 3.63) is 59.4 Å². The number of hydrogen-bond donors (Lipinski definition) is 0. The molecule has 1 amide bonds. The van der Waals surface area contributed by atoms with E-state index < -0.39 is 5.82 Å². The molecule has 0 saturated carbocycles. The van der Waals surface area contributed by atoms with Gasteiger partial charge in [0.05, 0.1) is 12.3 Å². The molecule has 0 N–H and O–H groups in total. The van der Waals surface area contributed by atoms with Gasteiger partial charge in [-0.2, -0.15) is 0 Å². The van der Waals surface area contributed by atoms with Crippen molar-refractivity contribution in [3.63, 3.8) is 0 Å². The summed E-state index contributed by atoms with van der Waals surface area (Å²) in [5.74, 6) is 0.705. The standard InChI is InChI=1S/C19H17FN2O4/c1-22(19(23)13-3-2-4-14(20)7-13)10-15-9-16(21-26-15)12-5-6-17-18(8-12)25-11-24-17/h2-8,15H,9-11H2,1H3/t15-/m0/s1. The van der Waals surface area contributed by atoms with Crippen molar-refractivity contribution in [1.82, 2.24) is 4.90 Å². The van der Waals surface area contributed by atoms with E-state index >= 15 is 0 Å². The second-order valence-corrected chi connectivity index (χ2v) is 6.23. The lowest BCUT2D eigenvalue weighted by atomic mass is 10.0. The molecule has 0 fully saturated rings. The molecule has 0 aliphatic carbocycles. The van der Waals surface area contributed by atoms with Gasteiger partial charge in [0.2, 0.25) is 6.79 Å². The SMILES string of the molecule is CN(C[C@@H]1CC(c2ccc3c(c2)OCO3)=NO1)C(=O)c1cccc(F)c1. The Balaban J connectivity index is 1.38. The molecular weight excluding hydrogens is 339 g/mol. The molecule has 2 aliphatic rings. The number of carbonyl (C=O) groups excluding carboxylic acids is 1. The van der Waals surface area contributed by atoms with Crippen molar-refractivity contribution in [2.45, 2.75) is 12.5 Å². The predicted molar refractivity (Wildman–Crippen MR) is 92.0 cm³/mol. The summed E-state index contributed by atoms with van der Waals surface area (Å²) in [5.41, 5.74) is 2.00. The third-order valence-corrected chi connectivity index (χ3v) is 4.33. The second-order valence-electron chi connectivity index (χ2n) is 6.23. The number of rotatable bonds is 4. The molecule has 4 rings (SSSR count). The molecule has 0 saturated heterocycles. The maximum atomic E-state index is 13.3. The van der Waals surface area contributed by atoms with Gasteiger partial charge in [0, 0.05) is 24.6 Å². The number of halogens is 1. The van der Waals surface area contributed by atoms with Crippen LogP contribution in [0.3, 0.4) is 0 Å². The van der Waals surface area contributed by atoms with Crippen LogP contribution in [0.2, 0.25) is 0 Å². The summed E-state index contributed by atoms with van der Waals surface area (Å²) in [4.78, 5) is 19.4.